The summed E-state index contributed by atoms with van der Waals surface area (Å²) in [7, 11) is 0. The van der Waals surface area contributed by atoms with E-state index < -0.39 is 11.9 Å². The number of primary amides is 1. The molecule has 4 N–H and O–H groups in total. The first-order valence-corrected chi connectivity index (χ1v) is 4.04. The maximum atomic E-state index is 10.8. The molecule has 1 unspecified atom stereocenters. The number of nitrogens with two attached hydrogens (primary N) is 2. The summed E-state index contributed by atoms with van der Waals surface area (Å²) in [6, 6.07) is 4.35. The first-order chi connectivity index (χ1) is 6.68. The predicted molar refractivity (Wildman–Crippen MR) is 49.1 cm³/mol. The first kappa shape index (κ1) is 8.64. The average Bonchev–Trinajstić information content (AvgIpc) is 2.62. The minimum atomic E-state index is -0.886. The summed E-state index contributed by atoms with van der Waals surface area (Å²) in [5, 5.41) is 7.96. The number of nitrogens with zero attached hydrogens (tertiary/aromatic N) is 3. The topological polar surface area (TPSA) is 99.3 Å². The summed E-state index contributed by atoms with van der Waals surface area (Å²) in [6.07, 6.45) is 1.61. The standard InChI is InChI=1S/C8H9N5O/c9-7(8(10)14)6-2-1-5-3-4-11-13(5)12-6/h1-4,7H,9H2,(H2,10,14). The summed E-state index contributed by atoms with van der Waals surface area (Å²) >= 11 is 0. The van der Waals surface area contributed by atoms with Crippen molar-refractivity contribution < 1.29 is 4.79 Å². The number of aromatic nitrogens is 3. The number of hydrogen-bond acceptors (Lipinski definition) is 4. The lowest BCUT2D eigenvalue weighted by atomic mass is 10.2. The quantitative estimate of drug-likeness (QED) is 0.650. The molecule has 0 aliphatic carbocycles. The minimum absolute atomic E-state index is 0.411. The van der Waals surface area contributed by atoms with Gasteiger partial charge in [0.15, 0.2) is 0 Å². The molecule has 2 rings (SSSR count). The van der Waals surface area contributed by atoms with Crippen LogP contribution >= 0.6 is 0 Å². The average molecular weight is 191 g/mol. The van der Waals surface area contributed by atoms with Crippen LogP contribution in [0.3, 0.4) is 0 Å². The van der Waals surface area contributed by atoms with Gasteiger partial charge in [0.05, 0.1) is 17.4 Å². The molecule has 6 nitrogen and oxygen atoms in total. The zero-order valence-electron chi connectivity index (χ0n) is 7.29. The van der Waals surface area contributed by atoms with Gasteiger partial charge in [-0.3, -0.25) is 4.79 Å². The van der Waals surface area contributed by atoms with Crippen LogP contribution in [0, 0.1) is 0 Å². The molecule has 2 aromatic rings. The number of hydrogen-bond donors (Lipinski definition) is 2. The third-order valence-corrected chi connectivity index (χ3v) is 1.91. The molecule has 6 heteroatoms. The van der Waals surface area contributed by atoms with E-state index in [1.165, 1.54) is 4.63 Å². The van der Waals surface area contributed by atoms with Gasteiger partial charge >= 0.3 is 0 Å². The fourth-order valence-corrected chi connectivity index (χ4v) is 1.14. The molecule has 0 aliphatic heterocycles. The zero-order chi connectivity index (χ0) is 10.1. The highest BCUT2D eigenvalue weighted by Crippen LogP contribution is 2.07. The Morgan fingerprint density at radius 2 is 2.21 bits per heavy atom. The van der Waals surface area contributed by atoms with Gasteiger partial charge in [-0.1, -0.05) is 0 Å². The molecule has 0 spiro atoms. The summed E-state index contributed by atoms with van der Waals surface area (Å²) in [5.41, 5.74) is 11.8. The fraction of sp³-hybridized carbons (Fsp3) is 0.125. The zero-order valence-corrected chi connectivity index (χ0v) is 7.29. The van der Waals surface area contributed by atoms with Crippen molar-refractivity contribution in [1.82, 2.24) is 14.8 Å². The van der Waals surface area contributed by atoms with Gasteiger partial charge < -0.3 is 11.5 Å². The SMILES string of the molecule is NC(=O)C(N)c1ccc2ccnn2n1. The van der Waals surface area contributed by atoms with E-state index in [0.717, 1.165) is 5.52 Å². The second-order valence-electron chi connectivity index (χ2n) is 2.88. The summed E-state index contributed by atoms with van der Waals surface area (Å²) in [6.45, 7) is 0. The molecule has 14 heavy (non-hydrogen) atoms. The van der Waals surface area contributed by atoms with Gasteiger partial charge in [0.25, 0.3) is 0 Å². The summed E-state index contributed by atoms with van der Waals surface area (Å²) in [4.78, 5) is 10.8. The van der Waals surface area contributed by atoms with E-state index in [0.29, 0.717) is 5.69 Å². The lowest BCUT2D eigenvalue weighted by Gasteiger charge is -2.05. The number of carbonyl (C=O) groups excluding carboxylic acids is 1. The van der Waals surface area contributed by atoms with Crippen LogP contribution in [0.25, 0.3) is 5.52 Å². The number of rotatable bonds is 2. The monoisotopic (exact) mass is 191 g/mol. The van der Waals surface area contributed by atoms with E-state index in [1.807, 2.05) is 0 Å². The third-order valence-electron chi connectivity index (χ3n) is 1.91. The minimum Gasteiger partial charge on any atom is -0.368 e. The second-order valence-corrected chi connectivity index (χ2v) is 2.88. The number of carbonyl (C=O) groups is 1. The Bertz CT molecular complexity index is 477. The Morgan fingerprint density at radius 1 is 1.43 bits per heavy atom. The van der Waals surface area contributed by atoms with Gasteiger partial charge in [-0.25, -0.2) is 0 Å². The van der Waals surface area contributed by atoms with Gasteiger partial charge in [-0.2, -0.15) is 14.8 Å². The lowest BCUT2D eigenvalue weighted by molar-refractivity contribution is -0.119. The lowest BCUT2D eigenvalue weighted by Crippen LogP contribution is -2.29. The maximum Gasteiger partial charge on any atom is 0.240 e. The molecule has 0 aliphatic rings. The Labute approximate surface area is 79.5 Å². The van der Waals surface area contributed by atoms with Crippen LogP contribution < -0.4 is 11.5 Å². The molecular formula is C8H9N5O. The van der Waals surface area contributed by atoms with Crippen molar-refractivity contribution in [2.24, 2.45) is 11.5 Å². The first-order valence-electron chi connectivity index (χ1n) is 4.04. The van der Waals surface area contributed by atoms with E-state index in [2.05, 4.69) is 10.2 Å². The van der Waals surface area contributed by atoms with E-state index in [9.17, 15) is 4.79 Å². The molecule has 2 heterocycles. The Kier molecular flexibility index (Phi) is 1.90. The van der Waals surface area contributed by atoms with Crippen molar-refractivity contribution >= 4 is 11.4 Å². The normalized spacial score (nSPS) is 12.9. The molecule has 0 fully saturated rings. The van der Waals surface area contributed by atoms with Crippen molar-refractivity contribution in [3.05, 3.63) is 30.1 Å². The molecular weight excluding hydrogens is 182 g/mol. The van der Waals surface area contributed by atoms with Crippen LogP contribution in [-0.2, 0) is 4.79 Å². The molecule has 0 aromatic carbocycles. The van der Waals surface area contributed by atoms with Crippen molar-refractivity contribution in [2.75, 3.05) is 0 Å². The van der Waals surface area contributed by atoms with Crippen molar-refractivity contribution in [3.63, 3.8) is 0 Å². The van der Waals surface area contributed by atoms with Gasteiger partial charge in [0.1, 0.15) is 6.04 Å². The molecule has 0 saturated carbocycles. The van der Waals surface area contributed by atoms with Crippen LogP contribution in [0.15, 0.2) is 24.4 Å². The maximum absolute atomic E-state index is 10.8. The summed E-state index contributed by atoms with van der Waals surface area (Å²) in [5.74, 6) is -0.607. The number of fused-ring (bicyclic) bond motifs is 1. The van der Waals surface area contributed by atoms with Gasteiger partial charge in [-0.15, -0.1) is 0 Å². The van der Waals surface area contributed by atoms with Gasteiger partial charge in [0, 0.05) is 0 Å². The van der Waals surface area contributed by atoms with Crippen molar-refractivity contribution in [1.29, 1.82) is 0 Å². The molecule has 2 aromatic heterocycles. The Balaban J connectivity index is 2.48. The van der Waals surface area contributed by atoms with E-state index in [4.69, 9.17) is 11.5 Å². The highest BCUT2D eigenvalue weighted by atomic mass is 16.1. The third kappa shape index (κ3) is 1.31. The van der Waals surface area contributed by atoms with E-state index in [1.54, 1.807) is 24.4 Å². The molecule has 1 atom stereocenters. The van der Waals surface area contributed by atoms with Gasteiger partial charge in [-0.05, 0) is 18.2 Å². The number of amides is 1. The molecule has 1 amide bonds. The smallest absolute Gasteiger partial charge is 0.240 e. The van der Waals surface area contributed by atoms with Crippen LogP contribution in [0.1, 0.15) is 11.7 Å². The Hall–Kier alpha value is -1.95. The molecule has 0 bridgehead atoms. The fourth-order valence-electron chi connectivity index (χ4n) is 1.14. The van der Waals surface area contributed by atoms with E-state index >= 15 is 0 Å². The highest BCUT2D eigenvalue weighted by molar-refractivity contribution is 5.80. The van der Waals surface area contributed by atoms with Crippen molar-refractivity contribution in [2.45, 2.75) is 6.04 Å². The summed E-state index contributed by atoms with van der Waals surface area (Å²) < 4.78 is 1.40. The molecule has 0 radical (unpaired) electrons. The van der Waals surface area contributed by atoms with Gasteiger partial charge in [0.2, 0.25) is 5.91 Å². The van der Waals surface area contributed by atoms with Crippen LogP contribution in [0.2, 0.25) is 0 Å². The predicted octanol–water partition coefficient (Wildman–Crippen LogP) is -0.786. The molecule has 72 valence electrons. The largest absolute Gasteiger partial charge is 0.368 e. The van der Waals surface area contributed by atoms with Crippen LogP contribution in [-0.4, -0.2) is 20.7 Å². The van der Waals surface area contributed by atoms with Crippen molar-refractivity contribution in [3.8, 4) is 0 Å². The molecule has 0 saturated heterocycles. The Morgan fingerprint density at radius 3 is 2.93 bits per heavy atom. The van der Waals surface area contributed by atoms with E-state index in [-0.39, 0.29) is 0 Å². The highest BCUT2D eigenvalue weighted by Gasteiger charge is 2.14. The van der Waals surface area contributed by atoms with Crippen LogP contribution in [0.4, 0.5) is 0 Å². The second kappa shape index (κ2) is 3.08. The van der Waals surface area contributed by atoms with Crippen LogP contribution in [0.5, 0.6) is 0 Å².